The number of rotatable bonds is 4. The van der Waals surface area contributed by atoms with Crippen molar-refractivity contribution < 1.29 is 14.3 Å². The molecule has 18 heavy (non-hydrogen) atoms. The molecule has 1 atom stereocenters. The van der Waals surface area contributed by atoms with Gasteiger partial charge in [0.2, 0.25) is 0 Å². The Hall–Kier alpha value is -1.42. The second-order valence-electron chi connectivity index (χ2n) is 5.05. The topological polar surface area (TPSA) is 40.5 Å². The molecule has 0 aliphatic carbocycles. The summed E-state index contributed by atoms with van der Waals surface area (Å²) in [4.78, 5) is 13.3. The Morgan fingerprint density at radius 2 is 2.11 bits per heavy atom. The number of carboxylic acids is 1. The molecule has 0 amide bonds. The number of nitrogens with zero attached hydrogens (tertiary/aromatic N) is 1. The number of benzene rings is 1. The number of aliphatic carboxylic acids is 1. The molecule has 1 aromatic rings. The van der Waals surface area contributed by atoms with Crippen LogP contribution in [0.2, 0.25) is 0 Å². The van der Waals surface area contributed by atoms with Crippen LogP contribution in [0.5, 0.6) is 0 Å². The highest BCUT2D eigenvalue weighted by atomic mass is 19.1. The molecule has 1 heterocycles. The molecule has 0 spiro atoms. The first-order chi connectivity index (χ1) is 8.52. The summed E-state index contributed by atoms with van der Waals surface area (Å²) < 4.78 is 13.4. The van der Waals surface area contributed by atoms with Gasteiger partial charge in [0.15, 0.2) is 0 Å². The Balaban J connectivity index is 2.37. The van der Waals surface area contributed by atoms with E-state index in [1.54, 1.807) is 6.07 Å². The van der Waals surface area contributed by atoms with Crippen LogP contribution in [0.25, 0.3) is 0 Å². The largest absolute Gasteiger partial charge is 0.481 e. The van der Waals surface area contributed by atoms with Crippen LogP contribution in [0.4, 0.5) is 4.39 Å². The molecule has 1 aliphatic heterocycles. The number of carbonyl (C=O) groups is 1. The summed E-state index contributed by atoms with van der Waals surface area (Å²) in [6.07, 6.45) is 2.14. The highest BCUT2D eigenvalue weighted by Gasteiger charge is 2.37. The number of carboxylic acid groups (broad SMARTS) is 1. The molecule has 0 saturated carbocycles. The van der Waals surface area contributed by atoms with E-state index < -0.39 is 11.5 Å². The van der Waals surface area contributed by atoms with Crippen molar-refractivity contribution in [3.63, 3.8) is 0 Å². The molecule has 1 aromatic carbocycles. The lowest BCUT2D eigenvalue weighted by Gasteiger charge is -2.38. The highest BCUT2D eigenvalue weighted by Crippen LogP contribution is 2.34. The summed E-state index contributed by atoms with van der Waals surface area (Å²) in [6, 6.07) is 6.28. The van der Waals surface area contributed by atoms with Crippen LogP contribution in [0, 0.1) is 5.82 Å². The van der Waals surface area contributed by atoms with E-state index in [-0.39, 0.29) is 12.2 Å². The number of hydrogen-bond donors (Lipinski definition) is 1. The van der Waals surface area contributed by atoms with Gasteiger partial charge in [-0.2, -0.15) is 0 Å². The van der Waals surface area contributed by atoms with E-state index in [0.29, 0.717) is 0 Å². The van der Waals surface area contributed by atoms with Gasteiger partial charge in [-0.05, 0) is 50.6 Å². The van der Waals surface area contributed by atoms with Crippen LogP contribution in [-0.4, -0.2) is 29.1 Å². The Morgan fingerprint density at radius 1 is 1.44 bits per heavy atom. The van der Waals surface area contributed by atoms with Crippen LogP contribution >= 0.6 is 0 Å². The Kier molecular flexibility index (Phi) is 3.66. The molecule has 0 aromatic heterocycles. The smallest absolute Gasteiger partial charge is 0.305 e. The normalized spacial score (nSPS) is 19.7. The van der Waals surface area contributed by atoms with Gasteiger partial charge in [0, 0.05) is 0 Å². The quantitative estimate of drug-likeness (QED) is 0.894. The van der Waals surface area contributed by atoms with Gasteiger partial charge in [-0.1, -0.05) is 12.1 Å². The van der Waals surface area contributed by atoms with Gasteiger partial charge in [-0.15, -0.1) is 0 Å². The maximum absolute atomic E-state index is 13.4. The van der Waals surface area contributed by atoms with Crippen molar-refractivity contribution in [2.24, 2.45) is 0 Å². The summed E-state index contributed by atoms with van der Waals surface area (Å²) in [5.41, 5.74) is 0.122. The van der Waals surface area contributed by atoms with Crippen LogP contribution in [-0.2, 0) is 10.3 Å². The zero-order valence-corrected chi connectivity index (χ0v) is 10.5. The van der Waals surface area contributed by atoms with E-state index in [4.69, 9.17) is 5.11 Å². The first kappa shape index (κ1) is 13.0. The average Bonchev–Trinajstić information content (AvgIpc) is 2.81. The molecule has 0 radical (unpaired) electrons. The van der Waals surface area contributed by atoms with Crippen LogP contribution in [0.3, 0.4) is 0 Å². The van der Waals surface area contributed by atoms with E-state index in [2.05, 4.69) is 4.90 Å². The maximum atomic E-state index is 13.4. The van der Waals surface area contributed by atoms with Crippen molar-refractivity contribution in [3.8, 4) is 0 Å². The predicted molar refractivity (Wildman–Crippen MR) is 66.8 cm³/mol. The monoisotopic (exact) mass is 251 g/mol. The molecule has 2 rings (SSSR count). The molecule has 1 saturated heterocycles. The minimum Gasteiger partial charge on any atom is -0.481 e. The van der Waals surface area contributed by atoms with Crippen molar-refractivity contribution >= 4 is 5.97 Å². The van der Waals surface area contributed by atoms with Crippen molar-refractivity contribution in [2.75, 3.05) is 13.1 Å². The van der Waals surface area contributed by atoms with E-state index in [1.807, 2.05) is 13.0 Å². The highest BCUT2D eigenvalue weighted by molar-refractivity contribution is 5.68. The first-order valence-electron chi connectivity index (χ1n) is 6.25. The molecular weight excluding hydrogens is 233 g/mol. The fourth-order valence-corrected chi connectivity index (χ4v) is 2.73. The minimum atomic E-state index is -0.853. The van der Waals surface area contributed by atoms with Crippen molar-refractivity contribution in [2.45, 2.75) is 31.7 Å². The molecule has 1 unspecified atom stereocenters. The van der Waals surface area contributed by atoms with E-state index in [9.17, 15) is 9.18 Å². The fourth-order valence-electron chi connectivity index (χ4n) is 2.73. The van der Waals surface area contributed by atoms with Crippen molar-refractivity contribution in [1.82, 2.24) is 4.90 Å². The molecule has 98 valence electrons. The fraction of sp³-hybridized carbons (Fsp3) is 0.500. The minimum absolute atomic E-state index is 0.00352. The van der Waals surface area contributed by atoms with Crippen LogP contribution in [0.1, 0.15) is 31.7 Å². The lowest BCUT2D eigenvalue weighted by Crippen LogP contribution is -2.43. The van der Waals surface area contributed by atoms with E-state index in [1.165, 1.54) is 12.1 Å². The van der Waals surface area contributed by atoms with Gasteiger partial charge in [0.1, 0.15) is 5.82 Å². The Bertz CT molecular complexity index is 443. The lowest BCUT2D eigenvalue weighted by atomic mass is 9.87. The molecule has 4 heteroatoms. The first-order valence-corrected chi connectivity index (χ1v) is 6.25. The number of hydrogen-bond acceptors (Lipinski definition) is 2. The summed E-state index contributed by atoms with van der Waals surface area (Å²) in [5, 5.41) is 9.12. The summed E-state index contributed by atoms with van der Waals surface area (Å²) in [5.74, 6) is -1.17. The second-order valence-corrected chi connectivity index (χ2v) is 5.05. The molecule has 1 N–H and O–H groups in total. The standard InChI is InChI=1S/C14H18FNO2/c1-14(10-13(17)18,16-7-2-3-8-16)11-5-4-6-12(15)9-11/h4-6,9H,2-3,7-8,10H2,1H3,(H,17,18). The third-order valence-electron chi connectivity index (χ3n) is 3.75. The molecular formula is C14H18FNO2. The van der Waals surface area contributed by atoms with E-state index in [0.717, 1.165) is 31.5 Å². The van der Waals surface area contributed by atoms with Gasteiger partial charge in [0.05, 0.1) is 12.0 Å². The maximum Gasteiger partial charge on any atom is 0.305 e. The Morgan fingerprint density at radius 3 is 2.67 bits per heavy atom. The summed E-state index contributed by atoms with van der Waals surface area (Å²) in [6.45, 7) is 3.64. The van der Waals surface area contributed by atoms with Crippen LogP contribution in [0.15, 0.2) is 24.3 Å². The SMILES string of the molecule is CC(CC(=O)O)(c1cccc(F)c1)N1CCCC1. The zero-order chi connectivity index (χ0) is 13.2. The third kappa shape index (κ3) is 2.53. The molecule has 1 aliphatic rings. The second kappa shape index (κ2) is 5.06. The molecule has 0 bridgehead atoms. The average molecular weight is 251 g/mol. The van der Waals surface area contributed by atoms with E-state index >= 15 is 0 Å². The summed E-state index contributed by atoms with van der Waals surface area (Å²) >= 11 is 0. The van der Waals surface area contributed by atoms with Crippen LogP contribution < -0.4 is 0 Å². The van der Waals surface area contributed by atoms with Crippen molar-refractivity contribution in [3.05, 3.63) is 35.6 Å². The zero-order valence-electron chi connectivity index (χ0n) is 10.5. The number of halogens is 1. The molecule has 3 nitrogen and oxygen atoms in total. The van der Waals surface area contributed by atoms with Gasteiger partial charge < -0.3 is 5.11 Å². The van der Waals surface area contributed by atoms with Gasteiger partial charge >= 0.3 is 5.97 Å². The van der Waals surface area contributed by atoms with Gasteiger partial charge in [-0.3, -0.25) is 9.69 Å². The lowest BCUT2D eigenvalue weighted by molar-refractivity contribution is -0.140. The predicted octanol–water partition coefficient (Wildman–Crippen LogP) is 2.61. The van der Waals surface area contributed by atoms with Gasteiger partial charge in [-0.25, -0.2) is 4.39 Å². The molecule has 1 fully saturated rings. The Labute approximate surface area is 106 Å². The van der Waals surface area contributed by atoms with Gasteiger partial charge in [0.25, 0.3) is 0 Å². The third-order valence-corrected chi connectivity index (χ3v) is 3.75. The van der Waals surface area contributed by atoms with Crippen molar-refractivity contribution in [1.29, 1.82) is 0 Å². The summed E-state index contributed by atoms with van der Waals surface area (Å²) in [7, 11) is 0. The number of likely N-dealkylation sites (tertiary alicyclic amines) is 1.